The van der Waals surface area contributed by atoms with E-state index >= 15 is 0 Å². The summed E-state index contributed by atoms with van der Waals surface area (Å²) in [5.74, 6) is 7.03. The van der Waals surface area contributed by atoms with Crippen LogP contribution >= 0.6 is 0 Å². The summed E-state index contributed by atoms with van der Waals surface area (Å²) in [4.78, 5) is 13.9. The van der Waals surface area contributed by atoms with Gasteiger partial charge in [0, 0.05) is 31.4 Å². The van der Waals surface area contributed by atoms with Gasteiger partial charge in [0.15, 0.2) is 11.5 Å². The average Bonchev–Trinajstić information content (AvgIpc) is 2.69. The van der Waals surface area contributed by atoms with Crippen molar-refractivity contribution in [2.24, 2.45) is 0 Å². The van der Waals surface area contributed by atoms with E-state index in [0.29, 0.717) is 11.5 Å². The average molecular weight is 364 g/mol. The Balaban J connectivity index is 1.87. The first kappa shape index (κ1) is 19.9. The van der Waals surface area contributed by atoms with Gasteiger partial charge in [0.1, 0.15) is 0 Å². The number of ether oxygens (including phenoxy) is 2. The van der Waals surface area contributed by atoms with Crippen molar-refractivity contribution >= 4 is 17.7 Å². The molecule has 0 bridgehead atoms. The van der Waals surface area contributed by atoms with E-state index in [9.17, 15) is 4.79 Å². The van der Waals surface area contributed by atoms with Crippen molar-refractivity contribution in [2.75, 3.05) is 39.8 Å². The van der Waals surface area contributed by atoms with Crippen LogP contribution in [0.2, 0.25) is 0 Å². The summed E-state index contributed by atoms with van der Waals surface area (Å²) in [6, 6.07) is 13.4. The molecule has 0 spiro atoms. The Morgan fingerprint density at radius 3 is 2.41 bits per heavy atom. The van der Waals surface area contributed by atoms with Crippen molar-refractivity contribution in [3.05, 3.63) is 59.7 Å². The standard InChI is InChI=1S/C22H24N2O3/c1-24(2)19-11-7-17(8-12-19)6-5-15-23-22(25)14-10-18-9-13-20(26-3)21(16-18)27-4/h7-14,16H,15H2,1-4H3,(H,23,25)/b14-10+. The Morgan fingerprint density at radius 2 is 1.78 bits per heavy atom. The molecule has 0 atom stereocenters. The fraction of sp³-hybridized carbons (Fsp3) is 0.227. The van der Waals surface area contributed by atoms with Gasteiger partial charge in [0.2, 0.25) is 5.91 Å². The molecular formula is C22H24N2O3. The van der Waals surface area contributed by atoms with Crippen LogP contribution < -0.4 is 19.7 Å². The van der Waals surface area contributed by atoms with Crippen molar-refractivity contribution in [1.29, 1.82) is 0 Å². The molecule has 1 N–H and O–H groups in total. The second-order valence-corrected chi connectivity index (χ2v) is 5.91. The van der Waals surface area contributed by atoms with Crippen molar-refractivity contribution < 1.29 is 14.3 Å². The van der Waals surface area contributed by atoms with E-state index in [1.54, 1.807) is 32.4 Å². The Labute approximate surface area is 160 Å². The predicted octanol–water partition coefficient (Wildman–Crippen LogP) is 2.95. The lowest BCUT2D eigenvalue weighted by Gasteiger charge is -2.11. The summed E-state index contributed by atoms with van der Waals surface area (Å²) < 4.78 is 10.4. The third-order valence-electron chi connectivity index (χ3n) is 3.80. The summed E-state index contributed by atoms with van der Waals surface area (Å²) in [6.07, 6.45) is 3.18. The summed E-state index contributed by atoms with van der Waals surface area (Å²) in [5.41, 5.74) is 2.87. The highest BCUT2D eigenvalue weighted by Crippen LogP contribution is 2.27. The van der Waals surface area contributed by atoms with Gasteiger partial charge in [-0.1, -0.05) is 17.9 Å². The second kappa shape index (κ2) is 9.93. The van der Waals surface area contributed by atoms with Gasteiger partial charge < -0.3 is 19.7 Å². The van der Waals surface area contributed by atoms with E-state index < -0.39 is 0 Å². The Morgan fingerprint density at radius 1 is 1.07 bits per heavy atom. The molecule has 0 aliphatic carbocycles. The van der Waals surface area contributed by atoms with E-state index in [1.165, 1.54) is 6.08 Å². The maximum atomic E-state index is 11.9. The molecule has 1 amide bonds. The molecule has 0 saturated carbocycles. The fourth-order valence-corrected chi connectivity index (χ4v) is 2.31. The highest BCUT2D eigenvalue weighted by Gasteiger charge is 2.03. The van der Waals surface area contributed by atoms with Gasteiger partial charge >= 0.3 is 0 Å². The SMILES string of the molecule is COc1ccc(/C=C/C(=O)NCC#Cc2ccc(N(C)C)cc2)cc1OC. The van der Waals surface area contributed by atoms with E-state index in [2.05, 4.69) is 17.2 Å². The van der Waals surface area contributed by atoms with Gasteiger partial charge in [-0.3, -0.25) is 4.79 Å². The molecule has 2 rings (SSSR count). The minimum absolute atomic E-state index is 0.206. The monoisotopic (exact) mass is 364 g/mol. The molecule has 0 heterocycles. The van der Waals surface area contributed by atoms with Crippen LogP contribution in [-0.2, 0) is 4.79 Å². The fourth-order valence-electron chi connectivity index (χ4n) is 2.31. The lowest BCUT2D eigenvalue weighted by Crippen LogP contribution is -2.20. The second-order valence-electron chi connectivity index (χ2n) is 5.91. The molecule has 0 saturated heterocycles. The Kier molecular flexibility index (Phi) is 7.33. The third kappa shape index (κ3) is 6.12. The number of hydrogen-bond donors (Lipinski definition) is 1. The van der Waals surface area contributed by atoms with Gasteiger partial charge in [0.05, 0.1) is 20.8 Å². The molecule has 2 aromatic carbocycles. The molecular weight excluding hydrogens is 340 g/mol. The van der Waals surface area contributed by atoms with Crippen LogP contribution in [0.3, 0.4) is 0 Å². The maximum Gasteiger partial charge on any atom is 0.244 e. The van der Waals surface area contributed by atoms with Gasteiger partial charge in [-0.25, -0.2) is 0 Å². The molecule has 2 aromatic rings. The Hall–Kier alpha value is -3.39. The molecule has 0 aliphatic heterocycles. The van der Waals surface area contributed by atoms with E-state index in [0.717, 1.165) is 16.8 Å². The zero-order valence-electron chi connectivity index (χ0n) is 16.1. The van der Waals surface area contributed by atoms with E-state index in [-0.39, 0.29) is 12.5 Å². The lowest BCUT2D eigenvalue weighted by molar-refractivity contribution is -0.116. The van der Waals surface area contributed by atoms with Crippen molar-refractivity contribution in [3.63, 3.8) is 0 Å². The van der Waals surface area contributed by atoms with Crippen LogP contribution in [0, 0.1) is 11.8 Å². The van der Waals surface area contributed by atoms with Gasteiger partial charge in [0.25, 0.3) is 0 Å². The summed E-state index contributed by atoms with van der Waals surface area (Å²) in [6.45, 7) is 0.282. The zero-order chi connectivity index (χ0) is 19.6. The number of carbonyl (C=O) groups is 1. The number of nitrogens with zero attached hydrogens (tertiary/aromatic N) is 1. The molecule has 0 fully saturated rings. The predicted molar refractivity (Wildman–Crippen MR) is 109 cm³/mol. The normalized spacial score (nSPS) is 10.1. The summed E-state index contributed by atoms with van der Waals surface area (Å²) >= 11 is 0. The third-order valence-corrected chi connectivity index (χ3v) is 3.80. The molecule has 27 heavy (non-hydrogen) atoms. The van der Waals surface area contributed by atoms with Crippen LogP contribution in [-0.4, -0.2) is 40.8 Å². The smallest absolute Gasteiger partial charge is 0.244 e. The molecule has 5 heteroatoms. The molecule has 0 unspecified atom stereocenters. The number of carbonyl (C=O) groups excluding carboxylic acids is 1. The number of rotatable bonds is 6. The van der Waals surface area contributed by atoms with E-state index in [4.69, 9.17) is 9.47 Å². The minimum atomic E-state index is -0.206. The van der Waals surface area contributed by atoms with Crippen LogP contribution in [0.4, 0.5) is 5.69 Å². The van der Waals surface area contributed by atoms with Crippen LogP contribution in [0.5, 0.6) is 11.5 Å². The molecule has 5 nitrogen and oxygen atoms in total. The molecule has 0 aromatic heterocycles. The number of hydrogen-bond acceptors (Lipinski definition) is 4. The summed E-state index contributed by atoms with van der Waals surface area (Å²) in [7, 11) is 7.14. The first-order chi connectivity index (χ1) is 13.0. The number of amides is 1. The largest absolute Gasteiger partial charge is 0.493 e. The van der Waals surface area contributed by atoms with Crippen molar-refractivity contribution in [1.82, 2.24) is 5.32 Å². The number of methoxy groups -OCH3 is 2. The van der Waals surface area contributed by atoms with Gasteiger partial charge in [-0.05, 0) is 48.0 Å². The molecule has 0 aliphatic rings. The lowest BCUT2D eigenvalue weighted by atomic mass is 10.2. The topological polar surface area (TPSA) is 50.8 Å². The molecule has 0 radical (unpaired) electrons. The zero-order valence-corrected chi connectivity index (χ0v) is 16.1. The summed E-state index contributed by atoms with van der Waals surface area (Å²) in [5, 5.41) is 2.74. The first-order valence-electron chi connectivity index (χ1n) is 8.47. The highest BCUT2D eigenvalue weighted by atomic mass is 16.5. The van der Waals surface area contributed by atoms with Crippen molar-refractivity contribution in [3.8, 4) is 23.3 Å². The van der Waals surface area contributed by atoms with Gasteiger partial charge in [-0.15, -0.1) is 0 Å². The number of nitrogens with one attached hydrogen (secondary N) is 1. The van der Waals surface area contributed by atoms with Crippen molar-refractivity contribution in [2.45, 2.75) is 0 Å². The highest BCUT2D eigenvalue weighted by molar-refractivity contribution is 5.91. The van der Waals surface area contributed by atoms with Gasteiger partial charge in [-0.2, -0.15) is 0 Å². The number of anilines is 1. The first-order valence-corrected chi connectivity index (χ1v) is 8.47. The van der Waals surface area contributed by atoms with Crippen LogP contribution in [0.1, 0.15) is 11.1 Å². The molecule has 140 valence electrons. The number of benzene rings is 2. The van der Waals surface area contributed by atoms with Crippen LogP contribution in [0.15, 0.2) is 48.5 Å². The minimum Gasteiger partial charge on any atom is -0.493 e. The van der Waals surface area contributed by atoms with Crippen LogP contribution in [0.25, 0.3) is 6.08 Å². The van der Waals surface area contributed by atoms with E-state index in [1.807, 2.05) is 49.3 Å². The Bertz CT molecular complexity index is 859. The maximum absolute atomic E-state index is 11.9. The quantitative estimate of drug-likeness (QED) is 0.632.